The number of H-pyrrole nitrogens is 1. The van der Waals surface area contributed by atoms with Crippen molar-refractivity contribution in [1.29, 1.82) is 0 Å². The van der Waals surface area contributed by atoms with Gasteiger partial charge in [-0.15, -0.1) is 0 Å². The highest BCUT2D eigenvalue weighted by molar-refractivity contribution is 6.07. The normalized spacial score (nSPS) is 10.8. The third-order valence-electron chi connectivity index (χ3n) is 3.30. The summed E-state index contributed by atoms with van der Waals surface area (Å²) in [5.74, 6) is -0.875. The van der Waals surface area contributed by atoms with E-state index in [-0.39, 0.29) is 5.69 Å². The molecule has 0 unspecified atom stereocenters. The van der Waals surface area contributed by atoms with Crippen molar-refractivity contribution >= 4 is 28.2 Å². The number of nitrogens with one attached hydrogen (secondary N) is 2. The highest BCUT2D eigenvalue weighted by atomic mass is 19.1. The van der Waals surface area contributed by atoms with Crippen molar-refractivity contribution in [2.45, 2.75) is 6.92 Å². The third kappa shape index (κ3) is 2.45. The van der Waals surface area contributed by atoms with Gasteiger partial charge in [-0.25, -0.2) is 4.39 Å². The first-order valence-corrected chi connectivity index (χ1v) is 6.49. The summed E-state index contributed by atoms with van der Waals surface area (Å²) in [6.07, 6.45) is 0. The summed E-state index contributed by atoms with van der Waals surface area (Å²) in [6, 6.07) is 11.7. The lowest BCUT2D eigenvalue weighted by molar-refractivity contribution is 0.102. The molecular formula is C16H14FN3O. The SMILES string of the molecule is Cc1ccc(F)c(NC(=O)c2cc3cccc(N)c3[nH]2)c1. The highest BCUT2D eigenvalue weighted by Gasteiger charge is 2.13. The van der Waals surface area contributed by atoms with E-state index in [9.17, 15) is 9.18 Å². The van der Waals surface area contributed by atoms with Gasteiger partial charge in [0.2, 0.25) is 0 Å². The minimum atomic E-state index is -0.468. The Morgan fingerprint density at radius 1 is 1.24 bits per heavy atom. The fourth-order valence-electron chi connectivity index (χ4n) is 2.23. The van der Waals surface area contributed by atoms with Crippen LogP contribution in [0.2, 0.25) is 0 Å². The van der Waals surface area contributed by atoms with E-state index in [1.165, 1.54) is 6.07 Å². The van der Waals surface area contributed by atoms with Crippen LogP contribution >= 0.6 is 0 Å². The van der Waals surface area contributed by atoms with Gasteiger partial charge in [-0.2, -0.15) is 0 Å². The molecule has 0 aliphatic carbocycles. The number of anilines is 2. The van der Waals surface area contributed by atoms with Crippen LogP contribution in [0.15, 0.2) is 42.5 Å². The number of halogens is 1. The van der Waals surface area contributed by atoms with E-state index in [1.54, 1.807) is 24.3 Å². The lowest BCUT2D eigenvalue weighted by Crippen LogP contribution is -2.13. The number of carbonyl (C=O) groups excluding carboxylic acids is 1. The van der Waals surface area contributed by atoms with Crippen LogP contribution in [0.25, 0.3) is 10.9 Å². The zero-order chi connectivity index (χ0) is 15.0. The van der Waals surface area contributed by atoms with Gasteiger partial charge in [0.1, 0.15) is 11.5 Å². The van der Waals surface area contributed by atoms with Crippen LogP contribution in [0.1, 0.15) is 16.1 Å². The van der Waals surface area contributed by atoms with Gasteiger partial charge < -0.3 is 16.0 Å². The van der Waals surface area contributed by atoms with Gasteiger partial charge in [0.15, 0.2) is 0 Å². The molecule has 0 aliphatic heterocycles. The van der Waals surface area contributed by atoms with E-state index in [1.807, 2.05) is 19.1 Å². The maximum Gasteiger partial charge on any atom is 0.272 e. The number of nitrogen functional groups attached to an aromatic ring is 1. The number of aromatic nitrogens is 1. The van der Waals surface area contributed by atoms with Gasteiger partial charge in [-0.05, 0) is 36.8 Å². The molecule has 0 bridgehead atoms. The minimum absolute atomic E-state index is 0.159. The van der Waals surface area contributed by atoms with Gasteiger partial charge in [-0.1, -0.05) is 18.2 Å². The van der Waals surface area contributed by atoms with Gasteiger partial charge in [0.25, 0.3) is 5.91 Å². The highest BCUT2D eigenvalue weighted by Crippen LogP contribution is 2.22. The molecular weight excluding hydrogens is 269 g/mol. The molecule has 0 saturated carbocycles. The van der Waals surface area contributed by atoms with Gasteiger partial charge in [-0.3, -0.25) is 4.79 Å². The molecule has 21 heavy (non-hydrogen) atoms. The molecule has 106 valence electrons. The van der Waals surface area contributed by atoms with Crippen molar-refractivity contribution in [2.24, 2.45) is 0 Å². The Hall–Kier alpha value is -2.82. The quantitative estimate of drug-likeness (QED) is 0.630. The standard InChI is InChI=1S/C16H14FN3O/c1-9-5-6-11(17)13(7-9)20-16(21)14-8-10-3-2-4-12(18)15(10)19-14/h2-8,19H,18H2,1H3,(H,20,21). The lowest BCUT2D eigenvalue weighted by atomic mass is 10.2. The molecule has 1 amide bonds. The monoisotopic (exact) mass is 283 g/mol. The van der Waals surface area contributed by atoms with E-state index < -0.39 is 11.7 Å². The number of fused-ring (bicyclic) bond motifs is 1. The molecule has 0 fully saturated rings. The Balaban J connectivity index is 1.93. The number of hydrogen-bond donors (Lipinski definition) is 3. The Morgan fingerprint density at radius 2 is 2.05 bits per heavy atom. The molecule has 2 aromatic carbocycles. The van der Waals surface area contributed by atoms with Gasteiger partial charge in [0, 0.05) is 5.39 Å². The summed E-state index contributed by atoms with van der Waals surface area (Å²) in [6.45, 7) is 1.83. The number of aromatic amines is 1. The van der Waals surface area contributed by atoms with E-state index in [2.05, 4.69) is 10.3 Å². The first-order valence-electron chi connectivity index (χ1n) is 6.49. The van der Waals surface area contributed by atoms with Gasteiger partial charge >= 0.3 is 0 Å². The number of para-hydroxylation sites is 1. The fourth-order valence-corrected chi connectivity index (χ4v) is 2.23. The van der Waals surface area contributed by atoms with Crippen LogP contribution in [0.4, 0.5) is 15.8 Å². The third-order valence-corrected chi connectivity index (χ3v) is 3.30. The van der Waals surface area contributed by atoms with Crippen molar-refractivity contribution in [1.82, 2.24) is 4.98 Å². The second-order valence-corrected chi connectivity index (χ2v) is 4.93. The average molecular weight is 283 g/mol. The summed E-state index contributed by atoms with van der Waals surface area (Å²) in [5.41, 5.74) is 8.47. The number of aryl methyl sites for hydroxylation is 1. The zero-order valence-electron chi connectivity index (χ0n) is 11.4. The maximum atomic E-state index is 13.7. The molecule has 1 heterocycles. The second kappa shape index (κ2) is 4.94. The molecule has 0 saturated heterocycles. The van der Waals surface area contributed by atoms with Crippen molar-refractivity contribution in [2.75, 3.05) is 11.1 Å². The number of carbonyl (C=O) groups is 1. The summed E-state index contributed by atoms with van der Waals surface area (Å²) in [7, 11) is 0. The van der Waals surface area contributed by atoms with Crippen LogP contribution in [0.3, 0.4) is 0 Å². The topological polar surface area (TPSA) is 70.9 Å². The lowest BCUT2D eigenvalue weighted by Gasteiger charge is -2.06. The summed E-state index contributed by atoms with van der Waals surface area (Å²) < 4.78 is 13.7. The Labute approximate surface area is 120 Å². The summed E-state index contributed by atoms with van der Waals surface area (Å²) in [5, 5.41) is 3.40. The zero-order valence-corrected chi connectivity index (χ0v) is 11.4. The number of benzene rings is 2. The Bertz CT molecular complexity index is 839. The molecule has 5 heteroatoms. The van der Waals surface area contributed by atoms with E-state index in [4.69, 9.17) is 5.73 Å². The van der Waals surface area contributed by atoms with Crippen LogP contribution in [0, 0.1) is 12.7 Å². The number of amides is 1. The minimum Gasteiger partial charge on any atom is -0.397 e. The predicted molar refractivity (Wildman–Crippen MR) is 81.8 cm³/mol. The maximum absolute atomic E-state index is 13.7. The van der Waals surface area contributed by atoms with Crippen molar-refractivity contribution in [3.05, 3.63) is 59.5 Å². The molecule has 3 rings (SSSR count). The van der Waals surface area contributed by atoms with E-state index in [0.29, 0.717) is 16.9 Å². The molecule has 0 aliphatic rings. The smallest absolute Gasteiger partial charge is 0.272 e. The average Bonchev–Trinajstić information content (AvgIpc) is 2.88. The Kier molecular flexibility index (Phi) is 3.10. The van der Waals surface area contributed by atoms with Crippen LogP contribution in [-0.2, 0) is 0 Å². The van der Waals surface area contributed by atoms with Crippen LogP contribution in [0.5, 0.6) is 0 Å². The van der Waals surface area contributed by atoms with Crippen molar-refractivity contribution in [3.63, 3.8) is 0 Å². The molecule has 4 N–H and O–H groups in total. The second-order valence-electron chi connectivity index (χ2n) is 4.93. The fraction of sp³-hybridized carbons (Fsp3) is 0.0625. The molecule has 4 nitrogen and oxygen atoms in total. The largest absolute Gasteiger partial charge is 0.397 e. The number of rotatable bonds is 2. The van der Waals surface area contributed by atoms with Gasteiger partial charge in [0.05, 0.1) is 16.9 Å². The molecule has 0 atom stereocenters. The van der Waals surface area contributed by atoms with Crippen molar-refractivity contribution in [3.8, 4) is 0 Å². The van der Waals surface area contributed by atoms with Crippen molar-refractivity contribution < 1.29 is 9.18 Å². The first-order chi connectivity index (χ1) is 10.0. The molecule has 1 aromatic heterocycles. The number of nitrogens with two attached hydrogens (primary N) is 1. The van der Waals surface area contributed by atoms with E-state index in [0.717, 1.165) is 10.9 Å². The van der Waals surface area contributed by atoms with Crippen LogP contribution < -0.4 is 11.1 Å². The van der Waals surface area contributed by atoms with E-state index >= 15 is 0 Å². The van der Waals surface area contributed by atoms with Crippen LogP contribution in [-0.4, -0.2) is 10.9 Å². The predicted octanol–water partition coefficient (Wildman–Crippen LogP) is 3.45. The Morgan fingerprint density at radius 3 is 2.81 bits per heavy atom. The molecule has 0 radical (unpaired) electrons. The summed E-state index contributed by atoms with van der Waals surface area (Å²) >= 11 is 0. The summed E-state index contributed by atoms with van der Waals surface area (Å²) in [4.78, 5) is 15.2. The molecule has 0 spiro atoms. The first kappa shape index (κ1) is 13.2. The number of hydrogen-bond acceptors (Lipinski definition) is 2. The molecule has 3 aromatic rings.